The van der Waals surface area contributed by atoms with Gasteiger partial charge in [0.25, 0.3) is 5.91 Å². The van der Waals surface area contributed by atoms with E-state index in [1.807, 2.05) is 31.2 Å². The Morgan fingerprint density at radius 3 is 2.46 bits per heavy atom. The highest BCUT2D eigenvalue weighted by atomic mass is 35.5. The Bertz CT molecular complexity index is 831. The first kappa shape index (κ1) is 17.9. The number of ether oxygens (including phenoxy) is 1. The van der Waals surface area contributed by atoms with E-state index in [1.54, 1.807) is 18.2 Å². The van der Waals surface area contributed by atoms with Crippen molar-refractivity contribution in [3.05, 3.63) is 63.1 Å². The number of nitriles is 1. The van der Waals surface area contributed by atoms with E-state index in [2.05, 4.69) is 5.32 Å². The Labute approximate surface area is 150 Å². The van der Waals surface area contributed by atoms with Gasteiger partial charge in [0.05, 0.1) is 17.2 Å². The van der Waals surface area contributed by atoms with Crippen LogP contribution in [0.5, 0.6) is 5.75 Å². The second-order valence-corrected chi connectivity index (χ2v) is 5.83. The van der Waals surface area contributed by atoms with E-state index in [4.69, 9.17) is 27.9 Å². The van der Waals surface area contributed by atoms with Crippen molar-refractivity contribution in [2.24, 2.45) is 0 Å². The fourth-order valence-electron chi connectivity index (χ4n) is 2.09. The highest BCUT2D eigenvalue weighted by Gasteiger charge is 2.12. The molecule has 2 rings (SSSR count). The first-order chi connectivity index (χ1) is 11.4. The van der Waals surface area contributed by atoms with E-state index in [0.717, 1.165) is 5.56 Å². The molecule has 0 radical (unpaired) electrons. The molecule has 2 aromatic rings. The van der Waals surface area contributed by atoms with Crippen LogP contribution >= 0.6 is 23.2 Å². The molecular weight excluding hydrogens is 347 g/mol. The third-order valence-corrected chi connectivity index (χ3v) is 3.74. The van der Waals surface area contributed by atoms with Gasteiger partial charge < -0.3 is 10.1 Å². The summed E-state index contributed by atoms with van der Waals surface area (Å²) in [6, 6.07) is 12.3. The third kappa shape index (κ3) is 4.29. The van der Waals surface area contributed by atoms with Crippen molar-refractivity contribution >= 4 is 40.9 Å². The number of aryl methyl sites for hydroxylation is 1. The molecule has 0 aliphatic rings. The molecule has 0 saturated carbocycles. The Kier molecular flexibility index (Phi) is 5.86. The van der Waals surface area contributed by atoms with E-state index in [0.29, 0.717) is 27.0 Å². The summed E-state index contributed by atoms with van der Waals surface area (Å²) in [5, 5.41) is 12.5. The van der Waals surface area contributed by atoms with Crippen LogP contribution in [0.15, 0.2) is 42.0 Å². The summed E-state index contributed by atoms with van der Waals surface area (Å²) in [7, 11) is 1.46. The summed E-state index contributed by atoms with van der Waals surface area (Å²) >= 11 is 12.1. The molecule has 0 spiro atoms. The van der Waals surface area contributed by atoms with Crippen LogP contribution in [0, 0.1) is 18.3 Å². The Balaban J connectivity index is 2.29. The lowest BCUT2D eigenvalue weighted by Gasteiger charge is -2.08. The zero-order chi connectivity index (χ0) is 17.7. The van der Waals surface area contributed by atoms with Gasteiger partial charge in [0.2, 0.25) is 0 Å². The standard InChI is InChI=1S/C18H14Cl2N2O2/c1-11-4-3-5-14(6-11)22-18(23)13(10-21)7-12-8-15(19)17(24-2)16(20)9-12/h3-9H,1-2H3,(H,22,23)/b13-7-. The van der Waals surface area contributed by atoms with E-state index in [9.17, 15) is 10.1 Å². The molecule has 0 heterocycles. The van der Waals surface area contributed by atoms with Crippen LogP contribution in [0.4, 0.5) is 5.69 Å². The summed E-state index contributed by atoms with van der Waals surface area (Å²) in [4.78, 5) is 12.3. The molecule has 4 nitrogen and oxygen atoms in total. The summed E-state index contributed by atoms with van der Waals surface area (Å²) < 4.78 is 5.07. The van der Waals surface area contributed by atoms with Crippen LogP contribution in [0.3, 0.4) is 0 Å². The quantitative estimate of drug-likeness (QED) is 0.625. The highest BCUT2D eigenvalue weighted by Crippen LogP contribution is 2.34. The molecule has 0 fully saturated rings. The minimum atomic E-state index is -0.508. The number of hydrogen-bond acceptors (Lipinski definition) is 3. The normalized spacial score (nSPS) is 10.9. The molecular formula is C18H14Cl2N2O2. The van der Waals surface area contributed by atoms with Crippen molar-refractivity contribution in [2.75, 3.05) is 12.4 Å². The lowest BCUT2D eigenvalue weighted by Crippen LogP contribution is -2.13. The molecule has 1 N–H and O–H groups in total. The zero-order valence-electron chi connectivity index (χ0n) is 13.1. The van der Waals surface area contributed by atoms with Gasteiger partial charge in [0.15, 0.2) is 5.75 Å². The van der Waals surface area contributed by atoms with Crippen molar-refractivity contribution in [1.82, 2.24) is 0 Å². The van der Waals surface area contributed by atoms with Crippen molar-refractivity contribution in [2.45, 2.75) is 6.92 Å². The average Bonchev–Trinajstić information content (AvgIpc) is 2.52. The largest absolute Gasteiger partial charge is 0.494 e. The SMILES string of the molecule is COc1c(Cl)cc(/C=C(/C#N)C(=O)Nc2cccc(C)c2)cc1Cl. The summed E-state index contributed by atoms with van der Waals surface area (Å²) in [5.41, 5.74) is 2.09. The van der Waals surface area contributed by atoms with Crippen molar-refractivity contribution in [1.29, 1.82) is 5.26 Å². The zero-order valence-corrected chi connectivity index (χ0v) is 14.6. The molecule has 0 unspecified atom stereocenters. The van der Waals surface area contributed by atoms with Gasteiger partial charge in [-0.05, 0) is 48.4 Å². The Hall–Kier alpha value is -2.48. The van der Waals surface area contributed by atoms with E-state index >= 15 is 0 Å². The molecule has 24 heavy (non-hydrogen) atoms. The van der Waals surface area contributed by atoms with Crippen molar-refractivity contribution < 1.29 is 9.53 Å². The first-order valence-electron chi connectivity index (χ1n) is 6.97. The van der Waals surface area contributed by atoms with Gasteiger partial charge in [-0.3, -0.25) is 4.79 Å². The molecule has 2 aromatic carbocycles. The maximum atomic E-state index is 12.3. The first-order valence-corrected chi connectivity index (χ1v) is 7.73. The predicted octanol–water partition coefficient (Wildman–Crippen LogP) is 4.86. The smallest absolute Gasteiger partial charge is 0.266 e. The fourth-order valence-corrected chi connectivity index (χ4v) is 2.75. The number of carbonyl (C=O) groups excluding carboxylic acids is 1. The number of amides is 1. The van der Waals surface area contributed by atoms with Gasteiger partial charge >= 0.3 is 0 Å². The molecule has 0 aliphatic heterocycles. The topological polar surface area (TPSA) is 62.1 Å². The summed E-state index contributed by atoms with van der Waals surface area (Å²) in [6.45, 7) is 1.91. The van der Waals surface area contributed by atoms with Crippen LogP contribution in [-0.4, -0.2) is 13.0 Å². The van der Waals surface area contributed by atoms with E-state index in [-0.39, 0.29) is 5.57 Å². The number of nitrogens with one attached hydrogen (secondary N) is 1. The summed E-state index contributed by atoms with van der Waals surface area (Å²) in [5.74, 6) is -0.163. The molecule has 0 aromatic heterocycles. The fraction of sp³-hybridized carbons (Fsp3) is 0.111. The number of hydrogen-bond donors (Lipinski definition) is 1. The number of benzene rings is 2. The predicted molar refractivity (Wildman–Crippen MR) is 96.4 cm³/mol. The van der Waals surface area contributed by atoms with E-state index in [1.165, 1.54) is 13.2 Å². The lowest BCUT2D eigenvalue weighted by molar-refractivity contribution is -0.112. The van der Waals surface area contributed by atoms with Gasteiger partial charge in [-0.15, -0.1) is 0 Å². The van der Waals surface area contributed by atoms with Gasteiger partial charge in [-0.1, -0.05) is 35.3 Å². The number of halogens is 2. The number of carbonyl (C=O) groups is 1. The molecule has 6 heteroatoms. The van der Waals surface area contributed by atoms with Gasteiger partial charge in [0.1, 0.15) is 11.6 Å². The molecule has 0 bridgehead atoms. The number of anilines is 1. The van der Waals surface area contributed by atoms with Crippen LogP contribution in [-0.2, 0) is 4.79 Å². The Morgan fingerprint density at radius 2 is 1.92 bits per heavy atom. The van der Waals surface area contributed by atoms with Gasteiger partial charge in [0, 0.05) is 5.69 Å². The van der Waals surface area contributed by atoms with E-state index < -0.39 is 5.91 Å². The number of rotatable bonds is 4. The minimum absolute atomic E-state index is 0.0613. The molecule has 1 amide bonds. The van der Waals surface area contributed by atoms with Gasteiger partial charge in [-0.2, -0.15) is 5.26 Å². The second-order valence-electron chi connectivity index (χ2n) is 5.01. The average molecular weight is 361 g/mol. The minimum Gasteiger partial charge on any atom is -0.494 e. The lowest BCUT2D eigenvalue weighted by atomic mass is 10.1. The molecule has 0 atom stereocenters. The highest BCUT2D eigenvalue weighted by molar-refractivity contribution is 6.37. The number of nitrogens with zero attached hydrogens (tertiary/aromatic N) is 1. The summed E-state index contributed by atoms with van der Waals surface area (Å²) in [6.07, 6.45) is 1.42. The Morgan fingerprint density at radius 1 is 1.25 bits per heavy atom. The van der Waals surface area contributed by atoms with Crippen LogP contribution in [0.25, 0.3) is 6.08 Å². The molecule has 122 valence electrons. The monoisotopic (exact) mass is 360 g/mol. The molecule has 0 aliphatic carbocycles. The maximum Gasteiger partial charge on any atom is 0.266 e. The third-order valence-electron chi connectivity index (χ3n) is 3.18. The van der Waals surface area contributed by atoms with Crippen LogP contribution < -0.4 is 10.1 Å². The second kappa shape index (κ2) is 7.87. The van der Waals surface area contributed by atoms with Gasteiger partial charge in [-0.25, -0.2) is 0 Å². The maximum absolute atomic E-state index is 12.3. The van der Waals surface area contributed by atoms with Crippen molar-refractivity contribution in [3.63, 3.8) is 0 Å². The van der Waals surface area contributed by atoms with Crippen LogP contribution in [0.2, 0.25) is 10.0 Å². The molecule has 0 saturated heterocycles. The number of methoxy groups -OCH3 is 1. The van der Waals surface area contributed by atoms with Crippen molar-refractivity contribution in [3.8, 4) is 11.8 Å². The van der Waals surface area contributed by atoms with Crippen LogP contribution in [0.1, 0.15) is 11.1 Å².